The molecule has 34 heavy (non-hydrogen) atoms. The number of carbonyl (C=O) groups excluding carboxylic acids is 2. The fourth-order valence-electron chi connectivity index (χ4n) is 4.31. The number of nitrogens with zero attached hydrogens (tertiary/aromatic N) is 2. The van der Waals surface area contributed by atoms with Crippen LogP contribution in [0.15, 0.2) is 59.1 Å². The van der Waals surface area contributed by atoms with Gasteiger partial charge in [0.15, 0.2) is 0 Å². The van der Waals surface area contributed by atoms with Gasteiger partial charge in [-0.3, -0.25) is 13.9 Å². The number of rotatable bonds is 10. The molecule has 1 fully saturated rings. The molecule has 1 atom stereocenters. The molecular weight excluding hydrogens is 518 g/mol. The van der Waals surface area contributed by atoms with Gasteiger partial charge in [-0.15, -0.1) is 0 Å². The predicted molar refractivity (Wildman–Crippen MR) is 138 cm³/mol. The standard InChI is InChI=1S/C25H32BrN3O4S/c1-3-23(25(31)27-21-13-7-8-14-21)28(17-19-10-5-4-6-11-19)24(30)18-29(34(2,32)33)22-15-9-12-20(26)16-22/h4-6,9-12,15-16,21,23H,3,7-8,13-14,17-18H2,1-2H3,(H,27,31)/t23-/m1/s1. The Morgan fingerprint density at radius 2 is 1.76 bits per heavy atom. The average Bonchev–Trinajstić information content (AvgIpc) is 3.30. The summed E-state index contributed by atoms with van der Waals surface area (Å²) in [6, 6.07) is 15.7. The number of hydrogen-bond acceptors (Lipinski definition) is 4. The highest BCUT2D eigenvalue weighted by Crippen LogP contribution is 2.24. The lowest BCUT2D eigenvalue weighted by Gasteiger charge is -2.33. The Morgan fingerprint density at radius 1 is 1.09 bits per heavy atom. The molecule has 184 valence electrons. The molecule has 1 saturated carbocycles. The number of sulfonamides is 1. The highest BCUT2D eigenvalue weighted by atomic mass is 79.9. The van der Waals surface area contributed by atoms with Crippen molar-refractivity contribution in [2.24, 2.45) is 0 Å². The van der Waals surface area contributed by atoms with Gasteiger partial charge in [0.2, 0.25) is 21.8 Å². The number of halogens is 1. The molecule has 0 aromatic heterocycles. The lowest BCUT2D eigenvalue weighted by molar-refractivity contribution is -0.140. The van der Waals surface area contributed by atoms with Gasteiger partial charge >= 0.3 is 0 Å². The van der Waals surface area contributed by atoms with Crippen molar-refractivity contribution in [1.29, 1.82) is 0 Å². The van der Waals surface area contributed by atoms with E-state index in [9.17, 15) is 18.0 Å². The highest BCUT2D eigenvalue weighted by molar-refractivity contribution is 9.10. The van der Waals surface area contributed by atoms with E-state index in [2.05, 4.69) is 21.2 Å². The van der Waals surface area contributed by atoms with Crippen molar-refractivity contribution < 1.29 is 18.0 Å². The molecule has 2 amide bonds. The Kier molecular flexibility index (Phi) is 9.13. The van der Waals surface area contributed by atoms with Crippen LogP contribution in [0, 0.1) is 0 Å². The van der Waals surface area contributed by atoms with Crippen LogP contribution < -0.4 is 9.62 Å². The first-order valence-corrected chi connectivity index (χ1v) is 14.2. The van der Waals surface area contributed by atoms with Crippen LogP contribution in [0.25, 0.3) is 0 Å². The molecule has 0 aliphatic heterocycles. The molecule has 0 unspecified atom stereocenters. The molecule has 0 radical (unpaired) electrons. The van der Waals surface area contributed by atoms with Crippen LogP contribution in [0.3, 0.4) is 0 Å². The Morgan fingerprint density at radius 3 is 2.35 bits per heavy atom. The van der Waals surface area contributed by atoms with E-state index < -0.39 is 28.5 Å². The highest BCUT2D eigenvalue weighted by Gasteiger charge is 2.33. The number of carbonyl (C=O) groups is 2. The second-order valence-corrected chi connectivity index (χ2v) is 11.5. The average molecular weight is 551 g/mol. The zero-order valence-electron chi connectivity index (χ0n) is 19.6. The van der Waals surface area contributed by atoms with Gasteiger partial charge in [-0.1, -0.05) is 72.1 Å². The molecule has 0 heterocycles. The first-order chi connectivity index (χ1) is 16.2. The Balaban J connectivity index is 1.90. The Bertz CT molecular complexity index is 1090. The van der Waals surface area contributed by atoms with Gasteiger partial charge in [0.1, 0.15) is 12.6 Å². The van der Waals surface area contributed by atoms with Gasteiger partial charge in [-0.2, -0.15) is 0 Å². The van der Waals surface area contributed by atoms with E-state index >= 15 is 0 Å². The van der Waals surface area contributed by atoms with Crippen LogP contribution in [0.4, 0.5) is 5.69 Å². The van der Waals surface area contributed by atoms with Gasteiger partial charge in [0.05, 0.1) is 11.9 Å². The molecule has 9 heteroatoms. The quantitative estimate of drug-likeness (QED) is 0.483. The summed E-state index contributed by atoms with van der Waals surface area (Å²) >= 11 is 3.36. The van der Waals surface area contributed by atoms with Crippen LogP contribution in [0.1, 0.15) is 44.6 Å². The molecule has 0 bridgehead atoms. The maximum atomic E-state index is 13.6. The van der Waals surface area contributed by atoms with Crippen LogP contribution >= 0.6 is 15.9 Å². The van der Waals surface area contributed by atoms with E-state index in [-0.39, 0.29) is 18.5 Å². The summed E-state index contributed by atoms with van der Waals surface area (Å²) in [5.74, 6) is -0.616. The number of benzene rings is 2. The minimum atomic E-state index is -3.74. The first-order valence-electron chi connectivity index (χ1n) is 11.6. The number of hydrogen-bond donors (Lipinski definition) is 1. The van der Waals surface area contributed by atoms with Gasteiger partial charge in [0, 0.05) is 17.1 Å². The lowest BCUT2D eigenvalue weighted by Crippen LogP contribution is -2.53. The molecule has 0 saturated heterocycles. The fourth-order valence-corrected chi connectivity index (χ4v) is 5.54. The Hall–Kier alpha value is -2.39. The van der Waals surface area contributed by atoms with E-state index in [1.165, 1.54) is 4.90 Å². The second-order valence-electron chi connectivity index (χ2n) is 8.67. The summed E-state index contributed by atoms with van der Waals surface area (Å²) in [6.07, 6.45) is 5.56. The van der Waals surface area contributed by atoms with Crippen molar-refractivity contribution >= 4 is 43.5 Å². The van der Waals surface area contributed by atoms with E-state index in [4.69, 9.17) is 0 Å². The monoisotopic (exact) mass is 549 g/mol. The zero-order chi connectivity index (χ0) is 24.7. The third-order valence-corrected chi connectivity index (χ3v) is 7.69. The topological polar surface area (TPSA) is 86.8 Å². The summed E-state index contributed by atoms with van der Waals surface area (Å²) in [4.78, 5) is 28.4. The predicted octanol–water partition coefficient (Wildman–Crippen LogP) is 4.08. The van der Waals surface area contributed by atoms with Crippen molar-refractivity contribution in [3.05, 3.63) is 64.6 Å². The van der Waals surface area contributed by atoms with E-state index in [1.54, 1.807) is 24.3 Å². The number of anilines is 1. The van der Waals surface area contributed by atoms with Crippen molar-refractivity contribution in [2.75, 3.05) is 17.1 Å². The fraction of sp³-hybridized carbons (Fsp3) is 0.440. The number of amides is 2. The summed E-state index contributed by atoms with van der Waals surface area (Å²) in [5.41, 5.74) is 1.25. The van der Waals surface area contributed by atoms with Gasteiger partial charge in [0.25, 0.3) is 0 Å². The summed E-state index contributed by atoms with van der Waals surface area (Å²) in [7, 11) is -3.74. The van der Waals surface area contributed by atoms with Crippen molar-refractivity contribution in [1.82, 2.24) is 10.2 Å². The largest absolute Gasteiger partial charge is 0.352 e. The maximum Gasteiger partial charge on any atom is 0.244 e. The molecule has 2 aromatic rings. The van der Waals surface area contributed by atoms with Gasteiger partial charge < -0.3 is 10.2 Å². The third kappa shape index (κ3) is 7.06. The molecule has 1 aliphatic carbocycles. The normalized spacial score (nSPS) is 15.0. The van der Waals surface area contributed by atoms with Crippen LogP contribution in [-0.4, -0.2) is 50.0 Å². The number of nitrogens with one attached hydrogen (secondary N) is 1. The van der Waals surface area contributed by atoms with Gasteiger partial charge in [-0.05, 0) is 43.0 Å². The lowest BCUT2D eigenvalue weighted by atomic mass is 10.1. The smallest absolute Gasteiger partial charge is 0.244 e. The maximum absolute atomic E-state index is 13.6. The van der Waals surface area contributed by atoms with E-state index in [0.29, 0.717) is 16.6 Å². The van der Waals surface area contributed by atoms with Gasteiger partial charge in [-0.25, -0.2) is 8.42 Å². The molecule has 7 nitrogen and oxygen atoms in total. The summed E-state index contributed by atoms with van der Waals surface area (Å²) < 4.78 is 27.0. The molecule has 2 aromatic carbocycles. The molecule has 1 N–H and O–H groups in total. The summed E-state index contributed by atoms with van der Waals surface area (Å²) in [5, 5.41) is 3.10. The van der Waals surface area contributed by atoms with Crippen LogP contribution in [-0.2, 0) is 26.2 Å². The molecular formula is C25H32BrN3O4S. The van der Waals surface area contributed by atoms with Crippen LogP contribution in [0.5, 0.6) is 0 Å². The van der Waals surface area contributed by atoms with E-state index in [0.717, 1.165) is 41.8 Å². The summed E-state index contributed by atoms with van der Waals surface area (Å²) in [6.45, 7) is 1.69. The zero-order valence-corrected chi connectivity index (χ0v) is 22.0. The third-order valence-electron chi connectivity index (χ3n) is 6.06. The molecule has 3 rings (SSSR count). The van der Waals surface area contributed by atoms with Crippen LogP contribution in [0.2, 0.25) is 0 Å². The van der Waals surface area contributed by atoms with Crippen molar-refractivity contribution in [2.45, 2.75) is 57.7 Å². The second kappa shape index (κ2) is 11.8. The van der Waals surface area contributed by atoms with Crippen molar-refractivity contribution in [3.8, 4) is 0 Å². The minimum Gasteiger partial charge on any atom is -0.352 e. The molecule has 0 spiro atoms. The van der Waals surface area contributed by atoms with Crippen molar-refractivity contribution in [3.63, 3.8) is 0 Å². The molecule has 1 aliphatic rings. The SMILES string of the molecule is CC[C@H](C(=O)NC1CCCC1)N(Cc1ccccc1)C(=O)CN(c1cccc(Br)c1)S(C)(=O)=O. The van der Waals surface area contributed by atoms with E-state index in [1.807, 2.05) is 37.3 Å². The minimum absolute atomic E-state index is 0.129. The Labute approximate surface area is 210 Å². The first kappa shape index (κ1) is 26.2.